The lowest BCUT2D eigenvalue weighted by Gasteiger charge is -2.42. The molecule has 0 heterocycles. The smallest absolute Gasteiger partial charge is 0.338 e. The van der Waals surface area contributed by atoms with Crippen LogP contribution >= 0.6 is 0 Å². The maximum atomic E-state index is 6.80. The predicted octanol–water partition coefficient (Wildman–Crippen LogP) is 3.65. The molecule has 0 radical (unpaired) electrons. The fourth-order valence-corrected chi connectivity index (χ4v) is 6.91. The third-order valence-electron chi connectivity index (χ3n) is 4.02. The van der Waals surface area contributed by atoms with Crippen LogP contribution < -0.4 is 10.4 Å². The van der Waals surface area contributed by atoms with E-state index in [0.29, 0.717) is 0 Å². The van der Waals surface area contributed by atoms with Crippen molar-refractivity contribution < 1.29 is 4.43 Å². The van der Waals surface area contributed by atoms with E-state index in [1.165, 1.54) is 15.9 Å². The zero-order valence-electron chi connectivity index (χ0n) is 15.8. The van der Waals surface area contributed by atoms with E-state index in [9.17, 15) is 0 Å². The molecule has 128 valence electrons. The maximum Gasteiger partial charge on any atom is 0.338 e. The van der Waals surface area contributed by atoms with Gasteiger partial charge in [-0.3, -0.25) is 0 Å². The van der Waals surface area contributed by atoms with Crippen LogP contribution in [0.1, 0.15) is 33.3 Å². The lowest BCUT2D eigenvalue weighted by Crippen LogP contribution is -2.72. The second-order valence-corrected chi connectivity index (χ2v) is 11.0. The molecular formula is C21H29NOSi. The molecule has 2 aromatic rings. The Morgan fingerprint density at radius 1 is 0.917 bits per heavy atom. The van der Waals surface area contributed by atoms with E-state index in [1.54, 1.807) is 0 Å². The van der Waals surface area contributed by atoms with Gasteiger partial charge in [-0.2, -0.15) is 0 Å². The molecule has 0 saturated carbocycles. The number of hydrogen-bond acceptors (Lipinski definition) is 2. The van der Waals surface area contributed by atoms with Gasteiger partial charge in [0.15, 0.2) is 0 Å². The Morgan fingerprint density at radius 2 is 1.42 bits per heavy atom. The summed E-state index contributed by atoms with van der Waals surface area (Å²) in [5, 5.41) is 2.51. The highest BCUT2D eigenvalue weighted by Crippen LogP contribution is 2.20. The number of hydrogen-bond donors (Lipinski definition) is 0. The fraction of sp³-hybridized carbons (Fsp3) is 0.333. The predicted molar refractivity (Wildman–Crippen MR) is 107 cm³/mol. The third kappa shape index (κ3) is 3.86. The second-order valence-electron chi connectivity index (χ2n) is 7.48. The lowest BCUT2D eigenvalue weighted by molar-refractivity contribution is 0.110. The summed E-state index contributed by atoms with van der Waals surface area (Å²) in [6.45, 7) is 12.5. The van der Waals surface area contributed by atoms with Gasteiger partial charge in [-0.15, -0.1) is 0 Å². The Morgan fingerprint density at radius 3 is 1.83 bits per heavy atom. The molecule has 24 heavy (non-hydrogen) atoms. The van der Waals surface area contributed by atoms with E-state index in [2.05, 4.69) is 101 Å². The van der Waals surface area contributed by atoms with Crippen LogP contribution in [-0.4, -0.2) is 32.7 Å². The Hall–Kier alpha value is -1.68. The SMILES string of the molecule is C=C(C)c1ccc([Si](OC(C)(C)C)(c2ccccc2)N(C)C)cc1. The molecule has 3 heteroatoms. The molecule has 0 aliphatic heterocycles. The monoisotopic (exact) mass is 339 g/mol. The largest absolute Gasteiger partial charge is 0.391 e. The van der Waals surface area contributed by atoms with E-state index in [1.807, 2.05) is 6.92 Å². The average molecular weight is 340 g/mol. The highest BCUT2D eigenvalue weighted by molar-refractivity contribution is 6.95. The molecule has 0 aliphatic rings. The van der Waals surface area contributed by atoms with Crippen LogP contribution in [0, 0.1) is 0 Å². The van der Waals surface area contributed by atoms with Gasteiger partial charge in [-0.25, -0.2) is 0 Å². The van der Waals surface area contributed by atoms with E-state index >= 15 is 0 Å². The normalized spacial score (nSPS) is 14.5. The number of allylic oxidation sites excluding steroid dienone is 1. The molecule has 2 aromatic carbocycles. The molecular weight excluding hydrogens is 310 g/mol. The molecule has 1 atom stereocenters. The van der Waals surface area contributed by atoms with Crippen molar-refractivity contribution in [2.45, 2.75) is 33.3 Å². The highest BCUT2D eigenvalue weighted by Gasteiger charge is 2.45. The summed E-state index contributed by atoms with van der Waals surface area (Å²) in [4.78, 5) is 0. The number of nitrogens with zero attached hydrogens (tertiary/aromatic N) is 1. The zero-order chi connectivity index (χ0) is 18.0. The first-order valence-electron chi connectivity index (χ1n) is 8.36. The highest BCUT2D eigenvalue weighted by atomic mass is 28.4. The summed E-state index contributed by atoms with van der Waals surface area (Å²) in [6, 6.07) is 19.3. The third-order valence-corrected chi connectivity index (χ3v) is 8.42. The van der Waals surface area contributed by atoms with E-state index in [-0.39, 0.29) is 5.60 Å². The van der Waals surface area contributed by atoms with Gasteiger partial charge >= 0.3 is 8.48 Å². The van der Waals surface area contributed by atoms with Gasteiger partial charge in [-0.05, 0) is 57.7 Å². The quantitative estimate of drug-likeness (QED) is 0.771. The molecule has 0 saturated heterocycles. The minimum Gasteiger partial charge on any atom is -0.391 e. The fourth-order valence-electron chi connectivity index (χ4n) is 2.98. The van der Waals surface area contributed by atoms with Crippen LogP contribution in [-0.2, 0) is 4.43 Å². The van der Waals surface area contributed by atoms with Crippen LogP contribution in [0.4, 0.5) is 0 Å². The Kier molecular flexibility index (Phi) is 5.48. The van der Waals surface area contributed by atoms with E-state index in [4.69, 9.17) is 4.43 Å². The van der Waals surface area contributed by atoms with Gasteiger partial charge in [-0.1, -0.05) is 66.7 Å². The van der Waals surface area contributed by atoms with Crippen molar-refractivity contribution in [3.8, 4) is 0 Å². The summed E-state index contributed by atoms with van der Waals surface area (Å²) in [5.41, 5.74) is 2.01. The molecule has 0 N–H and O–H groups in total. The van der Waals surface area contributed by atoms with E-state index < -0.39 is 8.48 Å². The van der Waals surface area contributed by atoms with Gasteiger partial charge < -0.3 is 8.99 Å². The van der Waals surface area contributed by atoms with Crippen LogP contribution in [0.15, 0.2) is 61.2 Å². The Labute approximate surface area is 148 Å². The van der Waals surface area contributed by atoms with Crippen molar-refractivity contribution in [3.05, 3.63) is 66.7 Å². The summed E-state index contributed by atoms with van der Waals surface area (Å²) >= 11 is 0. The van der Waals surface area contributed by atoms with Gasteiger partial charge in [0.2, 0.25) is 0 Å². The first-order valence-corrected chi connectivity index (χ1v) is 10.2. The Balaban J connectivity index is 2.67. The molecule has 0 aliphatic carbocycles. The summed E-state index contributed by atoms with van der Waals surface area (Å²) < 4.78 is 9.08. The summed E-state index contributed by atoms with van der Waals surface area (Å²) in [5.74, 6) is 0. The average Bonchev–Trinajstić information content (AvgIpc) is 2.52. The molecule has 0 bridgehead atoms. The summed E-state index contributed by atoms with van der Waals surface area (Å²) in [7, 11) is 1.73. The van der Waals surface area contributed by atoms with Crippen LogP contribution in [0.25, 0.3) is 5.57 Å². The van der Waals surface area contributed by atoms with Crippen molar-refractivity contribution in [2.75, 3.05) is 14.1 Å². The van der Waals surface area contributed by atoms with Crippen LogP contribution in [0.5, 0.6) is 0 Å². The Bertz CT molecular complexity index is 686. The topological polar surface area (TPSA) is 12.5 Å². The first kappa shape index (κ1) is 18.7. The van der Waals surface area contributed by atoms with Crippen molar-refractivity contribution >= 4 is 24.4 Å². The minimum absolute atomic E-state index is 0.237. The first-order chi connectivity index (χ1) is 11.2. The lowest BCUT2D eigenvalue weighted by atomic mass is 10.1. The molecule has 0 aromatic heterocycles. The minimum atomic E-state index is -2.51. The van der Waals surface area contributed by atoms with Gasteiger partial charge in [0, 0.05) is 5.60 Å². The van der Waals surface area contributed by atoms with Crippen LogP contribution in [0.2, 0.25) is 0 Å². The van der Waals surface area contributed by atoms with Crippen molar-refractivity contribution in [1.82, 2.24) is 4.57 Å². The molecule has 2 nitrogen and oxygen atoms in total. The van der Waals surface area contributed by atoms with Crippen molar-refractivity contribution in [2.24, 2.45) is 0 Å². The maximum absolute atomic E-state index is 6.80. The van der Waals surface area contributed by atoms with Crippen LogP contribution in [0.3, 0.4) is 0 Å². The van der Waals surface area contributed by atoms with E-state index in [0.717, 1.165) is 5.57 Å². The molecule has 0 amide bonds. The zero-order valence-corrected chi connectivity index (χ0v) is 16.8. The van der Waals surface area contributed by atoms with Gasteiger partial charge in [0.05, 0.1) is 0 Å². The van der Waals surface area contributed by atoms with Crippen molar-refractivity contribution in [3.63, 3.8) is 0 Å². The second kappa shape index (κ2) is 7.05. The summed E-state index contributed by atoms with van der Waals surface area (Å²) in [6.07, 6.45) is 0. The van der Waals surface area contributed by atoms with Gasteiger partial charge in [0.25, 0.3) is 0 Å². The van der Waals surface area contributed by atoms with Gasteiger partial charge in [0.1, 0.15) is 0 Å². The molecule has 2 rings (SSSR count). The number of benzene rings is 2. The molecule has 0 fully saturated rings. The number of rotatable bonds is 5. The molecule has 1 unspecified atom stereocenters. The molecule has 0 spiro atoms. The van der Waals surface area contributed by atoms with Crippen molar-refractivity contribution in [1.29, 1.82) is 0 Å². The standard InChI is InChI=1S/C21H29NOSi/c1-17(2)18-13-15-20(16-14-18)24(22(6)7,23-21(3,4)5)19-11-9-8-10-12-19/h8-16H,1H2,2-7H3.